The number of hydrogen-bond acceptors (Lipinski definition) is 5. The zero-order valence-electron chi connectivity index (χ0n) is 13.5. The van der Waals surface area contributed by atoms with Crippen LogP contribution in [0, 0.1) is 5.92 Å². The predicted octanol–water partition coefficient (Wildman–Crippen LogP) is 1.44. The van der Waals surface area contributed by atoms with E-state index in [2.05, 4.69) is 5.32 Å². The average molecular weight is 333 g/mol. The Bertz CT molecular complexity index is 466. The SMILES string of the molecule is CCOC(=O)C(NC(=O)CCS(C)(=O)=O)C1CCCCCC1. The van der Waals surface area contributed by atoms with E-state index < -0.39 is 27.8 Å². The molecule has 0 spiro atoms. The molecule has 6 nitrogen and oxygen atoms in total. The fourth-order valence-corrected chi connectivity index (χ4v) is 3.33. The molecular weight excluding hydrogens is 306 g/mol. The largest absolute Gasteiger partial charge is 0.464 e. The van der Waals surface area contributed by atoms with E-state index in [1.54, 1.807) is 6.92 Å². The Hall–Kier alpha value is -1.11. The molecule has 7 heteroatoms. The third-order valence-electron chi connectivity index (χ3n) is 3.93. The molecule has 1 aliphatic carbocycles. The fourth-order valence-electron chi connectivity index (χ4n) is 2.77. The Kier molecular flexibility index (Phi) is 7.85. The second kappa shape index (κ2) is 9.12. The van der Waals surface area contributed by atoms with Crippen molar-refractivity contribution in [3.63, 3.8) is 0 Å². The smallest absolute Gasteiger partial charge is 0.328 e. The highest BCUT2D eigenvalue weighted by Gasteiger charge is 2.31. The van der Waals surface area contributed by atoms with E-state index in [1.165, 1.54) is 0 Å². The van der Waals surface area contributed by atoms with Gasteiger partial charge in [-0.1, -0.05) is 25.7 Å². The van der Waals surface area contributed by atoms with Gasteiger partial charge in [0.15, 0.2) is 0 Å². The van der Waals surface area contributed by atoms with Gasteiger partial charge < -0.3 is 10.1 Å². The maximum atomic E-state index is 12.1. The normalized spacial score (nSPS) is 18.3. The highest BCUT2D eigenvalue weighted by Crippen LogP contribution is 2.26. The number of nitrogens with one attached hydrogen (secondary N) is 1. The topological polar surface area (TPSA) is 89.5 Å². The number of hydrogen-bond donors (Lipinski definition) is 1. The van der Waals surface area contributed by atoms with Crippen molar-refractivity contribution in [3.8, 4) is 0 Å². The molecule has 1 amide bonds. The van der Waals surface area contributed by atoms with Crippen molar-refractivity contribution in [1.29, 1.82) is 0 Å². The first kappa shape index (κ1) is 18.9. The summed E-state index contributed by atoms with van der Waals surface area (Å²) in [7, 11) is -3.19. The number of sulfone groups is 1. The molecular formula is C15H27NO5S. The molecule has 0 aromatic carbocycles. The van der Waals surface area contributed by atoms with Crippen LogP contribution in [0.3, 0.4) is 0 Å². The lowest BCUT2D eigenvalue weighted by atomic mass is 9.91. The number of rotatable bonds is 7. The van der Waals surface area contributed by atoms with Crippen LogP contribution in [0.2, 0.25) is 0 Å². The number of ether oxygens (including phenoxy) is 1. The molecule has 0 aromatic heterocycles. The van der Waals surface area contributed by atoms with Crippen LogP contribution in [0.5, 0.6) is 0 Å². The molecule has 128 valence electrons. The Labute approximate surface area is 132 Å². The predicted molar refractivity (Wildman–Crippen MR) is 84.1 cm³/mol. The van der Waals surface area contributed by atoms with Crippen molar-refractivity contribution in [2.45, 2.75) is 57.9 Å². The van der Waals surface area contributed by atoms with Crippen molar-refractivity contribution in [2.75, 3.05) is 18.6 Å². The lowest BCUT2D eigenvalue weighted by molar-refractivity contribution is -0.149. The maximum absolute atomic E-state index is 12.1. The summed E-state index contributed by atoms with van der Waals surface area (Å²) in [5, 5.41) is 2.69. The van der Waals surface area contributed by atoms with E-state index in [-0.39, 0.29) is 24.7 Å². The highest BCUT2D eigenvalue weighted by molar-refractivity contribution is 7.90. The van der Waals surface area contributed by atoms with Gasteiger partial charge in [-0.25, -0.2) is 13.2 Å². The second-order valence-electron chi connectivity index (χ2n) is 5.93. The van der Waals surface area contributed by atoms with Gasteiger partial charge in [0.25, 0.3) is 0 Å². The van der Waals surface area contributed by atoms with E-state index >= 15 is 0 Å². The standard InChI is InChI=1S/C15H27NO5S/c1-3-21-15(18)14(12-8-6-4-5-7-9-12)16-13(17)10-11-22(2,19)20/h12,14H,3-11H2,1-2H3,(H,16,17). The minimum absolute atomic E-state index is 0.0729. The molecule has 1 saturated carbocycles. The van der Waals surface area contributed by atoms with Gasteiger partial charge >= 0.3 is 5.97 Å². The molecule has 1 rings (SSSR count). The summed E-state index contributed by atoms with van der Waals surface area (Å²) in [6.07, 6.45) is 7.11. The zero-order chi connectivity index (χ0) is 16.6. The quantitative estimate of drug-likeness (QED) is 0.562. The summed E-state index contributed by atoms with van der Waals surface area (Å²) in [4.78, 5) is 24.1. The average Bonchev–Trinajstić information content (AvgIpc) is 2.71. The van der Waals surface area contributed by atoms with E-state index in [0.717, 1.165) is 44.8 Å². The lowest BCUT2D eigenvalue weighted by Gasteiger charge is -2.25. The first-order chi connectivity index (χ1) is 10.3. The Morgan fingerprint density at radius 3 is 2.27 bits per heavy atom. The summed E-state index contributed by atoms with van der Waals surface area (Å²) in [5.74, 6) is -0.961. The van der Waals surface area contributed by atoms with Crippen molar-refractivity contribution < 1.29 is 22.7 Å². The molecule has 0 aromatic rings. The van der Waals surface area contributed by atoms with Crippen LogP contribution in [0.15, 0.2) is 0 Å². The molecule has 1 fully saturated rings. The Morgan fingerprint density at radius 2 is 1.77 bits per heavy atom. The molecule has 22 heavy (non-hydrogen) atoms. The van der Waals surface area contributed by atoms with Crippen molar-refractivity contribution in [2.24, 2.45) is 5.92 Å². The van der Waals surface area contributed by atoms with Crippen molar-refractivity contribution in [3.05, 3.63) is 0 Å². The monoisotopic (exact) mass is 333 g/mol. The summed E-state index contributed by atoms with van der Waals surface area (Å²) in [5.41, 5.74) is 0. The van der Waals surface area contributed by atoms with Gasteiger partial charge in [0.2, 0.25) is 5.91 Å². The molecule has 1 atom stereocenters. The van der Waals surface area contributed by atoms with Crippen LogP contribution in [0.4, 0.5) is 0 Å². The zero-order valence-corrected chi connectivity index (χ0v) is 14.3. The summed E-state index contributed by atoms with van der Waals surface area (Å²) < 4.78 is 27.3. The van der Waals surface area contributed by atoms with Crippen molar-refractivity contribution in [1.82, 2.24) is 5.32 Å². The van der Waals surface area contributed by atoms with Crippen LogP contribution in [-0.2, 0) is 24.2 Å². The molecule has 1 N–H and O–H groups in total. The number of amides is 1. The van der Waals surface area contributed by atoms with Crippen LogP contribution in [0.25, 0.3) is 0 Å². The summed E-state index contributed by atoms with van der Waals surface area (Å²) in [6.45, 7) is 1.99. The van der Waals surface area contributed by atoms with Gasteiger partial charge in [0.1, 0.15) is 15.9 Å². The van der Waals surface area contributed by atoms with Gasteiger partial charge in [-0.05, 0) is 25.7 Å². The molecule has 0 bridgehead atoms. The van der Waals surface area contributed by atoms with Gasteiger partial charge in [0, 0.05) is 12.7 Å². The second-order valence-corrected chi connectivity index (χ2v) is 8.19. The molecule has 0 saturated heterocycles. The van der Waals surface area contributed by atoms with E-state index in [1.807, 2.05) is 0 Å². The Balaban J connectivity index is 2.68. The van der Waals surface area contributed by atoms with Gasteiger partial charge in [-0.2, -0.15) is 0 Å². The fraction of sp³-hybridized carbons (Fsp3) is 0.867. The molecule has 0 radical (unpaired) electrons. The summed E-state index contributed by atoms with van der Waals surface area (Å²) in [6, 6.07) is -0.662. The van der Waals surface area contributed by atoms with Crippen LogP contribution >= 0.6 is 0 Å². The van der Waals surface area contributed by atoms with E-state index in [9.17, 15) is 18.0 Å². The summed E-state index contributed by atoms with van der Waals surface area (Å²) >= 11 is 0. The first-order valence-corrected chi connectivity index (χ1v) is 10.0. The minimum Gasteiger partial charge on any atom is -0.464 e. The minimum atomic E-state index is -3.19. The molecule has 1 unspecified atom stereocenters. The maximum Gasteiger partial charge on any atom is 0.328 e. The van der Waals surface area contributed by atoms with E-state index in [4.69, 9.17) is 4.74 Å². The molecule has 0 heterocycles. The highest BCUT2D eigenvalue weighted by atomic mass is 32.2. The molecule has 0 aliphatic heterocycles. The van der Waals surface area contributed by atoms with Crippen LogP contribution in [-0.4, -0.2) is 45.0 Å². The lowest BCUT2D eigenvalue weighted by Crippen LogP contribution is -2.47. The molecule has 1 aliphatic rings. The van der Waals surface area contributed by atoms with Crippen molar-refractivity contribution >= 4 is 21.7 Å². The van der Waals surface area contributed by atoms with Crippen LogP contribution in [0.1, 0.15) is 51.9 Å². The van der Waals surface area contributed by atoms with Gasteiger partial charge in [0.05, 0.1) is 12.4 Å². The van der Waals surface area contributed by atoms with Gasteiger partial charge in [-0.15, -0.1) is 0 Å². The third-order valence-corrected chi connectivity index (χ3v) is 4.87. The third kappa shape index (κ3) is 7.24. The Morgan fingerprint density at radius 1 is 1.18 bits per heavy atom. The van der Waals surface area contributed by atoms with Gasteiger partial charge in [-0.3, -0.25) is 4.79 Å². The van der Waals surface area contributed by atoms with Crippen LogP contribution < -0.4 is 5.32 Å². The number of carbonyl (C=O) groups excluding carboxylic acids is 2. The number of esters is 1. The number of carbonyl (C=O) groups is 2. The first-order valence-electron chi connectivity index (χ1n) is 7.97. The van der Waals surface area contributed by atoms with E-state index in [0.29, 0.717) is 0 Å².